The van der Waals surface area contributed by atoms with Crippen molar-refractivity contribution in [2.45, 2.75) is 26.0 Å². The first-order valence-corrected chi connectivity index (χ1v) is 6.08. The highest BCUT2D eigenvalue weighted by molar-refractivity contribution is 6.32. The first-order chi connectivity index (χ1) is 8.08. The van der Waals surface area contributed by atoms with E-state index in [0.29, 0.717) is 17.4 Å². The molecule has 0 amide bonds. The van der Waals surface area contributed by atoms with Crippen LogP contribution in [0.4, 0.5) is 0 Å². The Morgan fingerprint density at radius 1 is 1.35 bits per heavy atom. The third-order valence-electron chi connectivity index (χ3n) is 2.62. The lowest BCUT2D eigenvalue weighted by molar-refractivity contribution is 0.0921. The molecular formula is C13H20ClNO2. The molecule has 0 saturated carbocycles. The molecule has 1 N–H and O–H groups in total. The van der Waals surface area contributed by atoms with E-state index in [1.807, 2.05) is 32.2 Å². The van der Waals surface area contributed by atoms with Gasteiger partial charge in [0.25, 0.3) is 0 Å². The molecule has 2 unspecified atom stereocenters. The van der Waals surface area contributed by atoms with Crippen LogP contribution in [0.2, 0.25) is 5.02 Å². The number of rotatable bonds is 6. The molecule has 0 fully saturated rings. The average Bonchev–Trinajstić information content (AvgIpc) is 2.31. The molecule has 0 radical (unpaired) electrons. The first-order valence-electron chi connectivity index (χ1n) is 5.70. The van der Waals surface area contributed by atoms with Crippen molar-refractivity contribution in [3.63, 3.8) is 0 Å². The van der Waals surface area contributed by atoms with E-state index in [2.05, 4.69) is 12.2 Å². The van der Waals surface area contributed by atoms with Crippen LogP contribution in [0.15, 0.2) is 18.2 Å². The van der Waals surface area contributed by atoms with Crippen molar-refractivity contribution in [1.82, 2.24) is 5.32 Å². The van der Waals surface area contributed by atoms with E-state index in [4.69, 9.17) is 21.1 Å². The van der Waals surface area contributed by atoms with Gasteiger partial charge in [0, 0.05) is 13.2 Å². The molecule has 0 saturated heterocycles. The van der Waals surface area contributed by atoms with Crippen LogP contribution in [0.3, 0.4) is 0 Å². The molecule has 17 heavy (non-hydrogen) atoms. The largest absolute Gasteiger partial charge is 0.487 e. The summed E-state index contributed by atoms with van der Waals surface area (Å²) in [6.45, 7) is 4.58. The average molecular weight is 258 g/mol. The Morgan fingerprint density at radius 2 is 2.06 bits per heavy atom. The standard InChI is InChI=1S/C13H20ClNO2/c1-9(8-16-4)17-13-6-5-11(7-12(13)14)10(2)15-3/h5-7,9-10,15H,8H2,1-4H3. The molecule has 4 heteroatoms. The van der Waals surface area contributed by atoms with Crippen LogP contribution in [0, 0.1) is 0 Å². The lowest BCUT2D eigenvalue weighted by Crippen LogP contribution is -2.18. The predicted molar refractivity (Wildman–Crippen MR) is 70.9 cm³/mol. The van der Waals surface area contributed by atoms with Crippen LogP contribution >= 0.6 is 11.6 Å². The van der Waals surface area contributed by atoms with Crippen molar-refractivity contribution in [1.29, 1.82) is 0 Å². The van der Waals surface area contributed by atoms with E-state index in [-0.39, 0.29) is 12.1 Å². The van der Waals surface area contributed by atoms with E-state index in [9.17, 15) is 0 Å². The van der Waals surface area contributed by atoms with E-state index in [1.54, 1.807) is 7.11 Å². The Balaban J connectivity index is 2.76. The summed E-state index contributed by atoms with van der Waals surface area (Å²) in [4.78, 5) is 0. The third kappa shape index (κ3) is 4.19. The highest BCUT2D eigenvalue weighted by Crippen LogP contribution is 2.28. The van der Waals surface area contributed by atoms with Gasteiger partial charge in [-0.1, -0.05) is 17.7 Å². The summed E-state index contributed by atoms with van der Waals surface area (Å²) < 4.78 is 10.7. The van der Waals surface area contributed by atoms with Crippen LogP contribution < -0.4 is 10.1 Å². The lowest BCUT2D eigenvalue weighted by Gasteiger charge is -2.17. The summed E-state index contributed by atoms with van der Waals surface area (Å²) in [6, 6.07) is 6.12. The van der Waals surface area contributed by atoms with Gasteiger partial charge in [-0.15, -0.1) is 0 Å². The molecule has 0 aliphatic heterocycles. The van der Waals surface area contributed by atoms with Gasteiger partial charge in [-0.3, -0.25) is 0 Å². The highest BCUT2D eigenvalue weighted by Gasteiger charge is 2.10. The van der Waals surface area contributed by atoms with Gasteiger partial charge in [-0.2, -0.15) is 0 Å². The van der Waals surface area contributed by atoms with Gasteiger partial charge in [-0.25, -0.2) is 0 Å². The topological polar surface area (TPSA) is 30.5 Å². The summed E-state index contributed by atoms with van der Waals surface area (Å²) in [5, 5.41) is 3.80. The zero-order valence-electron chi connectivity index (χ0n) is 10.8. The molecule has 0 aromatic heterocycles. The van der Waals surface area contributed by atoms with Gasteiger partial charge in [0.15, 0.2) is 0 Å². The number of ether oxygens (including phenoxy) is 2. The SMILES string of the molecule is CNC(C)c1ccc(OC(C)COC)c(Cl)c1. The lowest BCUT2D eigenvalue weighted by atomic mass is 10.1. The van der Waals surface area contributed by atoms with E-state index in [0.717, 1.165) is 5.56 Å². The van der Waals surface area contributed by atoms with E-state index in [1.165, 1.54) is 0 Å². The molecule has 0 bridgehead atoms. The first kappa shape index (κ1) is 14.3. The minimum Gasteiger partial charge on any atom is -0.487 e. The van der Waals surface area contributed by atoms with Crippen LogP contribution in [0.25, 0.3) is 0 Å². The maximum absolute atomic E-state index is 6.18. The fraction of sp³-hybridized carbons (Fsp3) is 0.538. The smallest absolute Gasteiger partial charge is 0.138 e. The number of benzene rings is 1. The van der Waals surface area contributed by atoms with Crippen LogP contribution in [-0.4, -0.2) is 26.9 Å². The van der Waals surface area contributed by atoms with Gasteiger partial charge in [-0.05, 0) is 38.6 Å². The van der Waals surface area contributed by atoms with Crippen molar-refractivity contribution in [3.05, 3.63) is 28.8 Å². The fourth-order valence-electron chi connectivity index (χ4n) is 1.53. The Kier molecular flexibility index (Phi) is 5.75. The molecular weight excluding hydrogens is 238 g/mol. The number of halogens is 1. The highest BCUT2D eigenvalue weighted by atomic mass is 35.5. The Hall–Kier alpha value is -0.770. The van der Waals surface area contributed by atoms with E-state index >= 15 is 0 Å². The van der Waals surface area contributed by atoms with Crippen molar-refractivity contribution < 1.29 is 9.47 Å². The van der Waals surface area contributed by atoms with Gasteiger partial charge in [0.1, 0.15) is 11.9 Å². The zero-order chi connectivity index (χ0) is 12.8. The number of hydrogen-bond acceptors (Lipinski definition) is 3. The molecule has 0 aliphatic rings. The second-order valence-corrected chi connectivity index (χ2v) is 4.49. The van der Waals surface area contributed by atoms with Gasteiger partial charge < -0.3 is 14.8 Å². The minimum atomic E-state index is -0.00919. The number of hydrogen-bond donors (Lipinski definition) is 1. The second-order valence-electron chi connectivity index (χ2n) is 4.08. The molecule has 0 spiro atoms. The maximum Gasteiger partial charge on any atom is 0.138 e. The summed E-state index contributed by atoms with van der Waals surface area (Å²) in [7, 11) is 3.57. The summed E-state index contributed by atoms with van der Waals surface area (Å²) >= 11 is 6.18. The summed E-state index contributed by atoms with van der Waals surface area (Å²) in [5.74, 6) is 0.697. The van der Waals surface area contributed by atoms with Crippen LogP contribution in [-0.2, 0) is 4.74 Å². The number of methoxy groups -OCH3 is 1. The van der Waals surface area contributed by atoms with Crippen molar-refractivity contribution in [3.8, 4) is 5.75 Å². The molecule has 0 heterocycles. The minimum absolute atomic E-state index is 0.00919. The summed E-state index contributed by atoms with van der Waals surface area (Å²) in [5.41, 5.74) is 1.14. The predicted octanol–water partition coefficient (Wildman–Crippen LogP) is 3.03. The quantitative estimate of drug-likeness (QED) is 0.850. The molecule has 1 aromatic carbocycles. The molecule has 2 atom stereocenters. The molecule has 1 rings (SSSR count). The molecule has 1 aromatic rings. The Bertz CT molecular complexity index is 357. The van der Waals surface area contributed by atoms with Gasteiger partial charge in [0.05, 0.1) is 11.6 Å². The van der Waals surface area contributed by atoms with Crippen LogP contribution in [0.1, 0.15) is 25.5 Å². The summed E-state index contributed by atoms with van der Waals surface area (Å²) in [6.07, 6.45) is -0.00919. The zero-order valence-corrected chi connectivity index (χ0v) is 11.5. The maximum atomic E-state index is 6.18. The molecule has 96 valence electrons. The Labute approximate surface area is 108 Å². The van der Waals surface area contributed by atoms with Gasteiger partial charge >= 0.3 is 0 Å². The van der Waals surface area contributed by atoms with Crippen molar-refractivity contribution in [2.24, 2.45) is 0 Å². The number of nitrogens with one attached hydrogen (secondary N) is 1. The normalized spacial score (nSPS) is 14.4. The molecule has 0 aliphatic carbocycles. The van der Waals surface area contributed by atoms with Gasteiger partial charge in [0.2, 0.25) is 0 Å². The van der Waals surface area contributed by atoms with Crippen molar-refractivity contribution >= 4 is 11.6 Å². The van der Waals surface area contributed by atoms with Crippen molar-refractivity contribution in [2.75, 3.05) is 20.8 Å². The van der Waals surface area contributed by atoms with E-state index < -0.39 is 0 Å². The molecule has 3 nitrogen and oxygen atoms in total. The Morgan fingerprint density at radius 3 is 2.59 bits per heavy atom. The monoisotopic (exact) mass is 257 g/mol. The fourth-order valence-corrected chi connectivity index (χ4v) is 1.77. The second kappa shape index (κ2) is 6.84. The third-order valence-corrected chi connectivity index (χ3v) is 2.91. The van der Waals surface area contributed by atoms with Crippen LogP contribution in [0.5, 0.6) is 5.75 Å².